The lowest BCUT2D eigenvalue weighted by molar-refractivity contribution is -0.137. The van der Waals surface area contributed by atoms with E-state index in [1.165, 1.54) is 19.3 Å². The Morgan fingerprint density at radius 1 is 1.00 bits per heavy atom. The number of nitrogens with zero attached hydrogens (tertiary/aromatic N) is 3. The van der Waals surface area contributed by atoms with Crippen molar-refractivity contribution in [2.75, 3.05) is 52.4 Å². The lowest BCUT2D eigenvalue weighted by Crippen LogP contribution is -2.53. The second-order valence-electron chi connectivity index (χ2n) is 8.88. The fraction of sp³-hybridized carbons (Fsp3) is 0.905. The van der Waals surface area contributed by atoms with Crippen LogP contribution >= 0.6 is 0 Å². The Labute approximate surface area is 164 Å². The SMILES string of the molecule is CC(CC(=O)N1CCN(CC(=O)N2CCCCC2C)CC1)C1CCCNC1. The zero-order valence-electron chi connectivity index (χ0n) is 17.3. The molecule has 0 aromatic heterocycles. The highest BCUT2D eigenvalue weighted by Crippen LogP contribution is 2.23. The largest absolute Gasteiger partial charge is 0.340 e. The molecule has 3 aliphatic rings. The van der Waals surface area contributed by atoms with Gasteiger partial charge in [-0.15, -0.1) is 0 Å². The molecule has 27 heavy (non-hydrogen) atoms. The van der Waals surface area contributed by atoms with Crippen molar-refractivity contribution in [3.63, 3.8) is 0 Å². The van der Waals surface area contributed by atoms with Crippen molar-refractivity contribution >= 4 is 11.8 Å². The van der Waals surface area contributed by atoms with E-state index in [1.807, 2.05) is 4.90 Å². The number of likely N-dealkylation sites (tertiary alicyclic amines) is 1. The summed E-state index contributed by atoms with van der Waals surface area (Å²) in [5.41, 5.74) is 0. The number of carbonyl (C=O) groups excluding carboxylic acids is 2. The molecule has 3 unspecified atom stereocenters. The molecule has 0 aliphatic carbocycles. The zero-order valence-corrected chi connectivity index (χ0v) is 17.3. The van der Waals surface area contributed by atoms with Gasteiger partial charge in [-0.3, -0.25) is 14.5 Å². The summed E-state index contributed by atoms with van der Waals surface area (Å²) in [5, 5.41) is 3.46. The highest BCUT2D eigenvalue weighted by molar-refractivity contribution is 5.79. The number of piperazine rings is 1. The van der Waals surface area contributed by atoms with E-state index >= 15 is 0 Å². The Morgan fingerprint density at radius 2 is 1.78 bits per heavy atom. The average molecular weight is 379 g/mol. The van der Waals surface area contributed by atoms with E-state index in [1.54, 1.807) is 0 Å². The number of carbonyl (C=O) groups is 2. The maximum Gasteiger partial charge on any atom is 0.236 e. The van der Waals surface area contributed by atoms with Crippen molar-refractivity contribution in [1.82, 2.24) is 20.0 Å². The fourth-order valence-electron chi connectivity index (χ4n) is 4.84. The molecule has 0 spiro atoms. The maximum absolute atomic E-state index is 12.7. The van der Waals surface area contributed by atoms with Crippen molar-refractivity contribution in [2.45, 2.75) is 58.4 Å². The third kappa shape index (κ3) is 5.67. The topological polar surface area (TPSA) is 55.9 Å². The third-order valence-corrected chi connectivity index (χ3v) is 6.84. The predicted molar refractivity (Wildman–Crippen MR) is 107 cm³/mol. The number of hydrogen-bond acceptors (Lipinski definition) is 4. The van der Waals surface area contributed by atoms with Crippen LogP contribution in [-0.2, 0) is 9.59 Å². The lowest BCUT2D eigenvalue weighted by atomic mass is 9.85. The van der Waals surface area contributed by atoms with Gasteiger partial charge in [0.15, 0.2) is 0 Å². The standard InChI is InChI=1S/C21H38N4O2/c1-17(19-7-5-8-22-15-19)14-20(26)24-12-10-23(11-13-24)16-21(27)25-9-4-3-6-18(25)2/h17-19,22H,3-16H2,1-2H3. The molecule has 6 nitrogen and oxygen atoms in total. The van der Waals surface area contributed by atoms with Gasteiger partial charge in [-0.1, -0.05) is 6.92 Å². The first-order valence-electron chi connectivity index (χ1n) is 11.0. The number of nitrogens with one attached hydrogen (secondary N) is 1. The van der Waals surface area contributed by atoms with Crippen LogP contribution in [-0.4, -0.2) is 84.9 Å². The molecule has 3 fully saturated rings. The van der Waals surface area contributed by atoms with Gasteiger partial charge in [0.2, 0.25) is 11.8 Å². The van der Waals surface area contributed by atoms with E-state index in [9.17, 15) is 9.59 Å². The Balaban J connectivity index is 1.39. The van der Waals surface area contributed by atoms with Crippen LogP contribution in [0.1, 0.15) is 52.4 Å². The molecule has 0 bridgehead atoms. The summed E-state index contributed by atoms with van der Waals surface area (Å²) >= 11 is 0. The molecule has 3 saturated heterocycles. The molecule has 3 atom stereocenters. The minimum atomic E-state index is 0.264. The molecule has 0 aromatic carbocycles. The summed E-state index contributed by atoms with van der Waals surface area (Å²) in [6.07, 6.45) is 6.63. The van der Waals surface area contributed by atoms with Gasteiger partial charge in [0.05, 0.1) is 6.54 Å². The molecular weight excluding hydrogens is 340 g/mol. The Kier molecular flexibility index (Phi) is 7.53. The van der Waals surface area contributed by atoms with Crippen LogP contribution in [0.3, 0.4) is 0 Å². The van der Waals surface area contributed by atoms with E-state index in [-0.39, 0.29) is 5.91 Å². The predicted octanol–water partition coefficient (Wildman–Crippen LogP) is 1.56. The molecular formula is C21H38N4O2. The van der Waals surface area contributed by atoms with E-state index in [4.69, 9.17) is 0 Å². The van der Waals surface area contributed by atoms with Crippen LogP contribution in [0.15, 0.2) is 0 Å². The molecule has 6 heteroatoms. The Morgan fingerprint density at radius 3 is 2.44 bits per heavy atom. The van der Waals surface area contributed by atoms with Crippen molar-refractivity contribution in [3.05, 3.63) is 0 Å². The normalized spacial score (nSPS) is 28.8. The van der Waals surface area contributed by atoms with E-state index in [0.29, 0.717) is 36.8 Å². The highest BCUT2D eigenvalue weighted by atomic mass is 16.2. The maximum atomic E-state index is 12.7. The molecule has 0 saturated carbocycles. The second kappa shape index (κ2) is 9.87. The fourth-order valence-corrected chi connectivity index (χ4v) is 4.84. The van der Waals surface area contributed by atoms with E-state index in [2.05, 4.69) is 29.0 Å². The van der Waals surface area contributed by atoms with Gasteiger partial charge in [-0.05, 0) is 64.0 Å². The van der Waals surface area contributed by atoms with Crippen molar-refractivity contribution in [2.24, 2.45) is 11.8 Å². The molecule has 0 radical (unpaired) electrons. The van der Waals surface area contributed by atoms with Crippen LogP contribution in [0.2, 0.25) is 0 Å². The summed E-state index contributed by atoms with van der Waals surface area (Å²) in [6.45, 7) is 11.1. The Bertz CT molecular complexity index is 498. The molecule has 1 N–H and O–H groups in total. The summed E-state index contributed by atoms with van der Waals surface area (Å²) in [4.78, 5) is 31.6. The molecule has 3 aliphatic heterocycles. The van der Waals surface area contributed by atoms with Crippen LogP contribution in [0.4, 0.5) is 0 Å². The monoisotopic (exact) mass is 378 g/mol. The van der Waals surface area contributed by atoms with Crippen molar-refractivity contribution in [1.29, 1.82) is 0 Å². The van der Waals surface area contributed by atoms with Gasteiger partial charge in [0.25, 0.3) is 0 Å². The first kappa shape index (κ1) is 20.6. The highest BCUT2D eigenvalue weighted by Gasteiger charge is 2.29. The van der Waals surface area contributed by atoms with Gasteiger partial charge >= 0.3 is 0 Å². The summed E-state index contributed by atoms with van der Waals surface area (Å²) < 4.78 is 0. The van der Waals surface area contributed by atoms with Crippen LogP contribution in [0, 0.1) is 11.8 Å². The molecule has 154 valence electrons. The second-order valence-corrected chi connectivity index (χ2v) is 8.88. The smallest absolute Gasteiger partial charge is 0.236 e. The lowest BCUT2D eigenvalue weighted by Gasteiger charge is -2.38. The van der Waals surface area contributed by atoms with E-state index in [0.717, 1.165) is 58.7 Å². The Hall–Kier alpha value is -1.14. The van der Waals surface area contributed by atoms with Crippen LogP contribution in [0.25, 0.3) is 0 Å². The molecule has 0 aromatic rings. The average Bonchev–Trinajstić information content (AvgIpc) is 2.69. The number of rotatable bonds is 5. The van der Waals surface area contributed by atoms with Crippen LogP contribution < -0.4 is 5.32 Å². The van der Waals surface area contributed by atoms with Crippen molar-refractivity contribution in [3.8, 4) is 0 Å². The van der Waals surface area contributed by atoms with Gasteiger partial charge in [0, 0.05) is 45.2 Å². The minimum Gasteiger partial charge on any atom is -0.340 e. The van der Waals surface area contributed by atoms with Gasteiger partial charge in [-0.25, -0.2) is 0 Å². The molecule has 2 amide bonds. The number of hydrogen-bond donors (Lipinski definition) is 1. The molecule has 3 heterocycles. The summed E-state index contributed by atoms with van der Waals surface area (Å²) in [6, 6.07) is 0.380. The molecule has 3 rings (SSSR count). The zero-order chi connectivity index (χ0) is 19.2. The summed E-state index contributed by atoms with van der Waals surface area (Å²) in [5.74, 6) is 1.64. The minimum absolute atomic E-state index is 0.264. The van der Waals surface area contributed by atoms with E-state index < -0.39 is 0 Å². The van der Waals surface area contributed by atoms with Crippen LogP contribution in [0.5, 0.6) is 0 Å². The number of piperidine rings is 2. The third-order valence-electron chi connectivity index (χ3n) is 6.84. The quantitative estimate of drug-likeness (QED) is 0.789. The van der Waals surface area contributed by atoms with Gasteiger partial charge in [-0.2, -0.15) is 0 Å². The first-order valence-corrected chi connectivity index (χ1v) is 11.0. The first-order chi connectivity index (χ1) is 13.0. The van der Waals surface area contributed by atoms with Gasteiger partial charge in [0.1, 0.15) is 0 Å². The van der Waals surface area contributed by atoms with Gasteiger partial charge < -0.3 is 15.1 Å². The number of amides is 2. The summed E-state index contributed by atoms with van der Waals surface area (Å²) in [7, 11) is 0. The van der Waals surface area contributed by atoms with Crippen molar-refractivity contribution < 1.29 is 9.59 Å².